The van der Waals surface area contributed by atoms with Crippen molar-refractivity contribution in [3.8, 4) is 5.75 Å². The number of ether oxygens (including phenoxy) is 1. The first kappa shape index (κ1) is 11.2. The number of aldehydes is 1. The maximum Gasteiger partial charge on any atom is 0.150 e. The van der Waals surface area contributed by atoms with Crippen molar-refractivity contribution in [2.75, 3.05) is 7.11 Å². The molecule has 2 heteroatoms. The fourth-order valence-electron chi connectivity index (χ4n) is 2.56. The molecule has 2 nitrogen and oxygen atoms in total. The Balaban J connectivity index is 2.18. The van der Waals surface area contributed by atoms with Crippen molar-refractivity contribution in [2.24, 2.45) is 5.92 Å². The van der Waals surface area contributed by atoms with Gasteiger partial charge in [0, 0.05) is 5.56 Å². The van der Waals surface area contributed by atoms with Crippen LogP contribution < -0.4 is 4.74 Å². The van der Waals surface area contributed by atoms with Crippen molar-refractivity contribution in [2.45, 2.75) is 32.1 Å². The molecule has 0 unspecified atom stereocenters. The standard InChI is InChI=1S/C14H18O2/c1-16-14-7-6-12(10-15)9-13(14)8-11-4-2-3-5-11/h6-7,9-11H,2-5,8H2,1H3. The molecule has 16 heavy (non-hydrogen) atoms. The number of rotatable bonds is 4. The van der Waals surface area contributed by atoms with Crippen molar-refractivity contribution in [3.63, 3.8) is 0 Å². The summed E-state index contributed by atoms with van der Waals surface area (Å²) in [4.78, 5) is 10.8. The minimum absolute atomic E-state index is 0.744. The average molecular weight is 218 g/mol. The van der Waals surface area contributed by atoms with Gasteiger partial charge in [0.25, 0.3) is 0 Å². The maximum absolute atomic E-state index is 10.8. The summed E-state index contributed by atoms with van der Waals surface area (Å²) < 4.78 is 5.34. The third-order valence-electron chi connectivity index (χ3n) is 3.42. The first-order chi connectivity index (χ1) is 7.83. The van der Waals surface area contributed by atoms with E-state index in [0.717, 1.165) is 29.9 Å². The SMILES string of the molecule is COc1ccc(C=O)cc1CC1CCCC1. The van der Waals surface area contributed by atoms with Crippen LogP contribution in [0.4, 0.5) is 0 Å². The van der Waals surface area contributed by atoms with E-state index in [1.807, 2.05) is 18.2 Å². The highest BCUT2D eigenvalue weighted by atomic mass is 16.5. The smallest absolute Gasteiger partial charge is 0.150 e. The molecule has 1 aromatic carbocycles. The Kier molecular flexibility index (Phi) is 3.60. The van der Waals surface area contributed by atoms with Gasteiger partial charge in [0.05, 0.1) is 7.11 Å². The summed E-state index contributed by atoms with van der Waals surface area (Å²) in [6.45, 7) is 0. The average Bonchev–Trinajstić information content (AvgIpc) is 2.82. The van der Waals surface area contributed by atoms with E-state index in [1.165, 1.54) is 31.2 Å². The highest BCUT2D eigenvalue weighted by Gasteiger charge is 2.17. The molecule has 0 heterocycles. The van der Waals surface area contributed by atoms with E-state index in [9.17, 15) is 4.79 Å². The lowest BCUT2D eigenvalue weighted by atomic mass is 9.96. The lowest BCUT2D eigenvalue weighted by molar-refractivity contribution is 0.112. The number of hydrogen-bond donors (Lipinski definition) is 0. The van der Waals surface area contributed by atoms with Crippen molar-refractivity contribution in [3.05, 3.63) is 29.3 Å². The molecule has 0 spiro atoms. The van der Waals surface area contributed by atoms with Gasteiger partial charge in [-0.05, 0) is 36.1 Å². The monoisotopic (exact) mass is 218 g/mol. The molecule has 1 aromatic rings. The molecule has 0 radical (unpaired) electrons. The second kappa shape index (κ2) is 5.15. The zero-order chi connectivity index (χ0) is 11.4. The Morgan fingerprint density at radius 3 is 2.75 bits per heavy atom. The molecule has 86 valence electrons. The van der Waals surface area contributed by atoms with Crippen LogP contribution in [0, 0.1) is 5.92 Å². The van der Waals surface area contributed by atoms with E-state index in [0.29, 0.717) is 0 Å². The van der Waals surface area contributed by atoms with Crippen LogP contribution in [0.25, 0.3) is 0 Å². The zero-order valence-electron chi connectivity index (χ0n) is 9.74. The van der Waals surface area contributed by atoms with Crippen LogP contribution in [0.15, 0.2) is 18.2 Å². The molecule has 0 aromatic heterocycles. The number of carbonyl (C=O) groups excluding carboxylic acids is 1. The van der Waals surface area contributed by atoms with Crippen molar-refractivity contribution in [1.82, 2.24) is 0 Å². The lowest BCUT2D eigenvalue weighted by Gasteiger charge is -2.13. The Morgan fingerprint density at radius 2 is 2.12 bits per heavy atom. The van der Waals surface area contributed by atoms with Crippen LogP contribution >= 0.6 is 0 Å². The van der Waals surface area contributed by atoms with E-state index in [-0.39, 0.29) is 0 Å². The van der Waals surface area contributed by atoms with Gasteiger partial charge in [0.2, 0.25) is 0 Å². The summed E-state index contributed by atoms with van der Waals surface area (Å²) in [6.07, 6.45) is 7.27. The summed E-state index contributed by atoms with van der Waals surface area (Å²) in [7, 11) is 1.69. The number of carbonyl (C=O) groups is 1. The Morgan fingerprint density at radius 1 is 1.38 bits per heavy atom. The molecule has 0 amide bonds. The molecule has 0 saturated heterocycles. The summed E-state index contributed by atoms with van der Waals surface area (Å²) in [5.41, 5.74) is 1.92. The molecule has 1 aliphatic carbocycles. The van der Waals surface area contributed by atoms with Gasteiger partial charge in [0.15, 0.2) is 0 Å². The van der Waals surface area contributed by atoms with E-state index in [1.54, 1.807) is 7.11 Å². The number of hydrogen-bond acceptors (Lipinski definition) is 2. The highest BCUT2D eigenvalue weighted by molar-refractivity contribution is 5.75. The van der Waals surface area contributed by atoms with Gasteiger partial charge >= 0.3 is 0 Å². The minimum Gasteiger partial charge on any atom is -0.496 e. The van der Waals surface area contributed by atoms with Gasteiger partial charge in [-0.3, -0.25) is 4.79 Å². The summed E-state index contributed by atoms with van der Waals surface area (Å²) in [6, 6.07) is 5.67. The van der Waals surface area contributed by atoms with Crippen LogP contribution in [0.5, 0.6) is 5.75 Å². The van der Waals surface area contributed by atoms with Crippen LogP contribution in [0.2, 0.25) is 0 Å². The Bertz CT molecular complexity index is 365. The van der Waals surface area contributed by atoms with Gasteiger partial charge in [-0.25, -0.2) is 0 Å². The molecule has 0 N–H and O–H groups in total. The molecule has 0 atom stereocenters. The Labute approximate surface area is 96.6 Å². The van der Waals surface area contributed by atoms with E-state index >= 15 is 0 Å². The quantitative estimate of drug-likeness (QED) is 0.725. The molecular weight excluding hydrogens is 200 g/mol. The summed E-state index contributed by atoms with van der Waals surface area (Å²) in [5.74, 6) is 1.69. The van der Waals surface area contributed by atoms with Crippen molar-refractivity contribution >= 4 is 6.29 Å². The molecule has 0 bridgehead atoms. The van der Waals surface area contributed by atoms with E-state index in [4.69, 9.17) is 4.74 Å². The first-order valence-corrected chi connectivity index (χ1v) is 5.95. The fourth-order valence-corrected chi connectivity index (χ4v) is 2.56. The van der Waals surface area contributed by atoms with Gasteiger partial charge in [0.1, 0.15) is 12.0 Å². The number of methoxy groups -OCH3 is 1. The van der Waals surface area contributed by atoms with Crippen LogP contribution in [-0.4, -0.2) is 13.4 Å². The highest BCUT2D eigenvalue weighted by Crippen LogP contribution is 2.31. The zero-order valence-corrected chi connectivity index (χ0v) is 9.74. The van der Waals surface area contributed by atoms with Crippen LogP contribution in [-0.2, 0) is 6.42 Å². The normalized spacial score (nSPS) is 16.3. The van der Waals surface area contributed by atoms with Crippen LogP contribution in [0.1, 0.15) is 41.6 Å². The van der Waals surface area contributed by atoms with Crippen molar-refractivity contribution in [1.29, 1.82) is 0 Å². The van der Waals surface area contributed by atoms with Gasteiger partial charge < -0.3 is 4.74 Å². The largest absolute Gasteiger partial charge is 0.496 e. The molecule has 1 fully saturated rings. The fraction of sp³-hybridized carbons (Fsp3) is 0.500. The second-order valence-electron chi connectivity index (χ2n) is 4.54. The molecular formula is C14H18O2. The summed E-state index contributed by atoms with van der Waals surface area (Å²) >= 11 is 0. The van der Waals surface area contributed by atoms with Crippen LogP contribution in [0.3, 0.4) is 0 Å². The van der Waals surface area contributed by atoms with Gasteiger partial charge in [-0.1, -0.05) is 25.7 Å². The third-order valence-corrected chi connectivity index (χ3v) is 3.42. The molecule has 0 aliphatic heterocycles. The maximum atomic E-state index is 10.8. The van der Waals surface area contributed by atoms with Gasteiger partial charge in [-0.15, -0.1) is 0 Å². The summed E-state index contributed by atoms with van der Waals surface area (Å²) in [5, 5.41) is 0. The topological polar surface area (TPSA) is 26.3 Å². The third kappa shape index (κ3) is 2.43. The molecule has 2 rings (SSSR count). The number of benzene rings is 1. The minimum atomic E-state index is 0.744. The Hall–Kier alpha value is -1.31. The van der Waals surface area contributed by atoms with Gasteiger partial charge in [-0.2, -0.15) is 0 Å². The lowest BCUT2D eigenvalue weighted by Crippen LogP contribution is -2.02. The molecule has 1 saturated carbocycles. The van der Waals surface area contributed by atoms with E-state index < -0.39 is 0 Å². The van der Waals surface area contributed by atoms with E-state index in [2.05, 4.69) is 0 Å². The predicted molar refractivity (Wildman–Crippen MR) is 64.0 cm³/mol. The first-order valence-electron chi connectivity index (χ1n) is 5.95. The second-order valence-corrected chi connectivity index (χ2v) is 4.54. The molecule has 1 aliphatic rings. The predicted octanol–water partition coefficient (Wildman–Crippen LogP) is 3.24. The van der Waals surface area contributed by atoms with Crippen molar-refractivity contribution < 1.29 is 9.53 Å².